The van der Waals surface area contributed by atoms with Crippen LogP contribution < -0.4 is 0 Å². The Hall–Kier alpha value is -4.54. The predicted octanol–water partition coefficient (Wildman–Crippen LogP) is 9.34. The lowest BCUT2D eigenvalue weighted by atomic mass is 10.0. The Labute approximate surface area is 229 Å². The number of para-hydroxylation sites is 2. The van der Waals surface area contributed by atoms with Crippen LogP contribution in [0.1, 0.15) is 0 Å². The van der Waals surface area contributed by atoms with E-state index in [1.54, 1.807) is 0 Å². The van der Waals surface area contributed by atoms with Crippen molar-refractivity contribution in [3.05, 3.63) is 138 Å². The molecule has 3 nitrogen and oxygen atoms in total. The summed E-state index contributed by atoms with van der Waals surface area (Å²) in [6, 6.07) is 46.3. The van der Waals surface area contributed by atoms with Crippen LogP contribution in [0, 0.1) is 0 Å². The van der Waals surface area contributed by atoms with E-state index in [4.69, 9.17) is 9.97 Å². The molecule has 0 unspecified atom stereocenters. The van der Waals surface area contributed by atoms with Crippen molar-refractivity contribution in [1.82, 2.24) is 14.5 Å². The number of hydrogen-bond donors (Lipinski definition) is 0. The third-order valence-corrected chi connectivity index (χ3v) is 7.41. The van der Waals surface area contributed by atoms with Crippen molar-refractivity contribution in [3.63, 3.8) is 0 Å². The van der Waals surface area contributed by atoms with Gasteiger partial charge in [0.05, 0.1) is 22.4 Å². The zero-order valence-electron chi connectivity index (χ0n) is 20.4. The molecule has 0 atom stereocenters. The number of rotatable bonds is 4. The van der Waals surface area contributed by atoms with E-state index >= 15 is 0 Å². The monoisotopic (exact) mass is 551 g/mol. The fraction of sp³-hybridized carbons (Fsp3) is 0. The van der Waals surface area contributed by atoms with Crippen molar-refractivity contribution in [2.24, 2.45) is 0 Å². The molecule has 7 aromatic rings. The van der Waals surface area contributed by atoms with Crippen molar-refractivity contribution in [3.8, 4) is 39.6 Å². The van der Waals surface area contributed by atoms with E-state index in [9.17, 15) is 0 Å². The van der Waals surface area contributed by atoms with Crippen LogP contribution in [0.2, 0.25) is 0 Å². The molecule has 0 N–H and O–H groups in total. The summed E-state index contributed by atoms with van der Waals surface area (Å²) >= 11 is 3.55. The van der Waals surface area contributed by atoms with Crippen molar-refractivity contribution in [1.29, 1.82) is 0 Å². The average Bonchev–Trinajstić information content (AvgIpc) is 3.32. The number of nitrogens with zero attached hydrogens (tertiary/aromatic N) is 3. The normalized spacial score (nSPS) is 11.3. The summed E-state index contributed by atoms with van der Waals surface area (Å²) in [5, 5.41) is 2.42. The van der Waals surface area contributed by atoms with Gasteiger partial charge in [-0.2, -0.15) is 0 Å². The standard InChI is InChI=1S/C34H22BrN3/c35-26-18-15-23(16-19-26)30-22-31(37-34(36-30)24-9-3-1-4-10-24)25-17-20-33-29(21-25)28-13-7-8-14-32(28)38(33)27-11-5-2-6-12-27/h1-22H. The molecule has 0 saturated carbocycles. The summed E-state index contributed by atoms with van der Waals surface area (Å²) in [7, 11) is 0. The molecule has 0 fully saturated rings. The molecule has 0 aliphatic heterocycles. The number of aromatic nitrogens is 3. The summed E-state index contributed by atoms with van der Waals surface area (Å²) in [5.41, 5.74) is 8.41. The Kier molecular flexibility index (Phi) is 5.60. The van der Waals surface area contributed by atoms with Crippen LogP contribution in [0.15, 0.2) is 138 Å². The molecule has 0 aliphatic rings. The van der Waals surface area contributed by atoms with Gasteiger partial charge < -0.3 is 4.57 Å². The molecule has 0 saturated heterocycles. The maximum absolute atomic E-state index is 5.04. The minimum atomic E-state index is 0.716. The van der Waals surface area contributed by atoms with E-state index in [2.05, 4.69) is 124 Å². The molecule has 2 heterocycles. The van der Waals surface area contributed by atoms with E-state index in [1.165, 1.54) is 21.8 Å². The second kappa shape index (κ2) is 9.40. The second-order valence-corrected chi connectivity index (χ2v) is 10.2. The van der Waals surface area contributed by atoms with Crippen LogP contribution in [-0.2, 0) is 0 Å². The predicted molar refractivity (Wildman–Crippen MR) is 160 cm³/mol. The van der Waals surface area contributed by atoms with Crippen LogP contribution in [0.4, 0.5) is 0 Å². The molecule has 4 heteroatoms. The quantitative estimate of drug-likeness (QED) is 0.218. The van der Waals surface area contributed by atoms with Crippen LogP contribution in [0.5, 0.6) is 0 Å². The fourth-order valence-electron chi connectivity index (χ4n) is 5.07. The van der Waals surface area contributed by atoms with Gasteiger partial charge in [-0.05, 0) is 48.5 Å². The van der Waals surface area contributed by atoms with E-state index < -0.39 is 0 Å². The maximum Gasteiger partial charge on any atom is 0.160 e. The van der Waals surface area contributed by atoms with Gasteiger partial charge in [0.25, 0.3) is 0 Å². The van der Waals surface area contributed by atoms with Crippen LogP contribution in [-0.4, -0.2) is 14.5 Å². The molecule has 0 radical (unpaired) electrons. The molecule has 180 valence electrons. The highest BCUT2D eigenvalue weighted by Crippen LogP contribution is 2.35. The van der Waals surface area contributed by atoms with Crippen molar-refractivity contribution in [2.75, 3.05) is 0 Å². The first kappa shape index (κ1) is 22.6. The number of benzene rings is 5. The topological polar surface area (TPSA) is 30.7 Å². The van der Waals surface area contributed by atoms with Gasteiger partial charge >= 0.3 is 0 Å². The van der Waals surface area contributed by atoms with Crippen LogP contribution in [0.25, 0.3) is 61.4 Å². The number of fused-ring (bicyclic) bond motifs is 3. The number of halogens is 1. The fourth-order valence-corrected chi connectivity index (χ4v) is 5.33. The van der Waals surface area contributed by atoms with Crippen molar-refractivity contribution in [2.45, 2.75) is 0 Å². The Morgan fingerprint density at radius 2 is 1.08 bits per heavy atom. The van der Waals surface area contributed by atoms with Gasteiger partial charge in [-0.25, -0.2) is 9.97 Å². The van der Waals surface area contributed by atoms with Crippen molar-refractivity contribution < 1.29 is 0 Å². The minimum absolute atomic E-state index is 0.716. The van der Waals surface area contributed by atoms with E-state index in [0.29, 0.717) is 5.82 Å². The molecule has 0 aliphatic carbocycles. The molecular formula is C34H22BrN3. The molecular weight excluding hydrogens is 530 g/mol. The van der Waals surface area contributed by atoms with Gasteiger partial charge in [-0.3, -0.25) is 0 Å². The third kappa shape index (κ3) is 4.00. The van der Waals surface area contributed by atoms with Gasteiger partial charge in [-0.1, -0.05) is 101 Å². The van der Waals surface area contributed by atoms with E-state index in [0.717, 1.165) is 38.2 Å². The van der Waals surface area contributed by atoms with Gasteiger partial charge in [0.15, 0.2) is 5.82 Å². The van der Waals surface area contributed by atoms with Gasteiger partial charge in [-0.15, -0.1) is 0 Å². The molecule has 0 bridgehead atoms. The summed E-state index contributed by atoms with van der Waals surface area (Å²) < 4.78 is 3.37. The van der Waals surface area contributed by atoms with Gasteiger partial charge in [0, 0.05) is 37.6 Å². The maximum atomic E-state index is 5.04. The minimum Gasteiger partial charge on any atom is -0.309 e. The first-order chi connectivity index (χ1) is 18.7. The highest BCUT2D eigenvalue weighted by Gasteiger charge is 2.15. The molecule has 0 spiro atoms. The SMILES string of the molecule is Brc1ccc(-c2cc(-c3ccc4c(c3)c3ccccc3n4-c3ccccc3)nc(-c3ccccc3)n2)cc1. The van der Waals surface area contributed by atoms with E-state index in [1.807, 2.05) is 30.3 Å². The Morgan fingerprint density at radius 3 is 1.84 bits per heavy atom. The summed E-state index contributed by atoms with van der Waals surface area (Å²) in [5.74, 6) is 0.716. The Balaban J connectivity index is 1.46. The van der Waals surface area contributed by atoms with E-state index in [-0.39, 0.29) is 0 Å². The van der Waals surface area contributed by atoms with Gasteiger partial charge in [0.1, 0.15) is 0 Å². The molecule has 5 aromatic carbocycles. The number of hydrogen-bond acceptors (Lipinski definition) is 2. The third-order valence-electron chi connectivity index (χ3n) is 6.88. The smallest absolute Gasteiger partial charge is 0.160 e. The summed E-state index contributed by atoms with van der Waals surface area (Å²) in [6.45, 7) is 0. The lowest BCUT2D eigenvalue weighted by Gasteiger charge is -2.10. The zero-order valence-corrected chi connectivity index (χ0v) is 22.0. The lowest BCUT2D eigenvalue weighted by molar-refractivity contribution is 1.18. The summed E-state index contributed by atoms with van der Waals surface area (Å²) in [4.78, 5) is 10.00. The molecule has 0 amide bonds. The molecule has 7 rings (SSSR count). The molecule has 2 aromatic heterocycles. The Morgan fingerprint density at radius 1 is 0.474 bits per heavy atom. The van der Waals surface area contributed by atoms with Gasteiger partial charge in [0.2, 0.25) is 0 Å². The van der Waals surface area contributed by atoms with Crippen LogP contribution >= 0.6 is 15.9 Å². The first-order valence-corrected chi connectivity index (χ1v) is 13.3. The highest BCUT2D eigenvalue weighted by atomic mass is 79.9. The lowest BCUT2D eigenvalue weighted by Crippen LogP contribution is -1.96. The first-order valence-electron chi connectivity index (χ1n) is 12.5. The highest BCUT2D eigenvalue weighted by molar-refractivity contribution is 9.10. The molecule has 38 heavy (non-hydrogen) atoms. The second-order valence-electron chi connectivity index (χ2n) is 9.25. The summed E-state index contributed by atoms with van der Waals surface area (Å²) in [6.07, 6.45) is 0. The average molecular weight is 552 g/mol. The van der Waals surface area contributed by atoms with Crippen molar-refractivity contribution >= 4 is 37.7 Å². The largest absolute Gasteiger partial charge is 0.309 e. The Bertz CT molecular complexity index is 1910. The van der Waals surface area contributed by atoms with Crippen LogP contribution in [0.3, 0.4) is 0 Å². The zero-order chi connectivity index (χ0) is 25.5.